The van der Waals surface area contributed by atoms with Gasteiger partial charge in [-0.2, -0.15) is 5.10 Å². The van der Waals surface area contributed by atoms with Crippen LogP contribution in [0.1, 0.15) is 34.1 Å². The van der Waals surface area contributed by atoms with E-state index >= 15 is 0 Å². The first-order valence-corrected chi connectivity index (χ1v) is 11.7. The van der Waals surface area contributed by atoms with E-state index in [1.807, 2.05) is 36.7 Å². The Kier molecular flexibility index (Phi) is 6.90. The van der Waals surface area contributed by atoms with Crippen LogP contribution < -0.4 is 5.56 Å². The Morgan fingerprint density at radius 3 is 2.70 bits per heavy atom. The predicted molar refractivity (Wildman–Crippen MR) is 127 cm³/mol. The third-order valence-electron chi connectivity index (χ3n) is 5.26. The highest BCUT2D eigenvalue weighted by Gasteiger charge is 2.15. The summed E-state index contributed by atoms with van der Waals surface area (Å²) < 4.78 is 13.8. The summed E-state index contributed by atoms with van der Waals surface area (Å²) in [7, 11) is 1.30. The van der Waals surface area contributed by atoms with E-state index in [9.17, 15) is 9.59 Å². The average Bonchev–Trinajstić information content (AvgIpc) is 3.39. The lowest BCUT2D eigenvalue weighted by Crippen LogP contribution is -2.24. The Morgan fingerprint density at radius 2 is 1.97 bits per heavy atom. The van der Waals surface area contributed by atoms with Crippen LogP contribution in [-0.4, -0.2) is 32.4 Å². The van der Waals surface area contributed by atoms with Crippen molar-refractivity contribution in [3.63, 3.8) is 0 Å². The van der Waals surface area contributed by atoms with Gasteiger partial charge in [0.05, 0.1) is 40.2 Å². The number of halogens is 1. The van der Waals surface area contributed by atoms with Crippen LogP contribution in [-0.2, 0) is 23.6 Å². The number of aryl methyl sites for hydroxylation is 2. The minimum atomic E-state index is -0.531. The van der Waals surface area contributed by atoms with Gasteiger partial charge in [0.2, 0.25) is 5.76 Å². The lowest BCUT2D eigenvalue weighted by atomic mass is 10.2. The molecule has 3 aromatic heterocycles. The smallest absolute Gasteiger partial charge is 0.373 e. The quantitative estimate of drug-likeness (QED) is 0.204. The van der Waals surface area contributed by atoms with Crippen LogP contribution in [0.5, 0.6) is 0 Å². The summed E-state index contributed by atoms with van der Waals surface area (Å²) in [4.78, 5) is 29.6. The number of fused-ring (bicyclic) bond motifs is 1. The molecule has 0 aliphatic rings. The van der Waals surface area contributed by atoms with Crippen LogP contribution in [0, 0.1) is 13.8 Å². The largest absolute Gasteiger partial charge is 0.463 e. The molecule has 0 bridgehead atoms. The molecule has 0 radical (unpaired) electrons. The zero-order valence-electron chi connectivity index (χ0n) is 18.5. The molecule has 0 spiro atoms. The molecule has 8 nitrogen and oxygen atoms in total. The number of hydrogen-bond acceptors (Lipinski definition) is 7. The van der Waals surface area contributed by atoms with E-state index in [2.05, 4.69) is 9.84 Å². The summed E-state index contributed by atoms with van der Waals surface area (Å²) in [6.45, 7) is 4.90. The van der Waals surface area contributed by atoms with Gasteiger partial charge in [0, 0.05) is 13.1 Å². The first-order chi connectivity index (χ1) is 15.9. The molecule has 0 N–H and O–H groups in total. The van der Waals surface area contributed by atoms with Gasteiger partial charge >= 0.3 is 5.97 Å². The van der Waals surface area contributed by atoms with E-state index in [0.717, 1.165) is 11.4 Å². The minimum absolute atomic E-state index is 0.0933. The van der Waals surface area contributed by atoms with Crippen LogP contribution >= 0.6 is 23.4 Å². The molecule has 0 aliphatic heterocycles. The van der Waals surface area contributed by atoms with Gasteiger partial charge < -0.3 is 9.15 Å². The number of para-hydroxylation sites is 1. The van der Waals surface area contributed by atoms with Crippen molar-refractivity contribution in [1.29, 1.82) is 0 Å². The number of rotatable bonds is 8. The van der Waals surface area contributed by atoms with E-state index in [4.69, 9.17) is 21.0 Å². The summed E-state index contributed by atoms with van der Waals surface area (Å²) in [5.74, 6) is 0.609. The van der Waals surface area contributed by atoms with Crippen LogP contribution in [0.2, 0.25) is 5.02 Å². The highest BCUT2D eigenvalue weighted by atomic mass is 35.5. The molecule has 33 heavy (non-hydrogen) atoms. The molecule has 0 unspecified atom stereocenters. The number of nitrogens with zero attached hydrogens (tertiary/aromatic N) is 4. The molecule has 0 fully saturated rings. The van der Waals surface area contributed by atoms with Crippen LogP contribution in [0.15, 0.2) is 50.8 Å². The van der Waals surface area contributed by atoms with E-state index in [1.165, 1.54) is 18.9 Å². The van der Waals surface area contributed by atoms with Crippen molar-refractivity contribution in [2.45, 2.75) is 44.3 Å². The van der Waals surface area contributed by atoms with Crippen molar-refractivity contribution in [2.75, 3.05) is 7.11 Å². The van der Waals surface area contributed by atoms with E-state index in [0.29, 0.717) is 52.1 Å². The average molecular weight is 487 g/mol. The maximum Gasteiger partial charge on any atom is 0.373 e. The number of carbonyl (C=O) groups is 1. The molecular weight excluding hydrogens is 464 g/mol. The van der Waals surface area contributed by atoms with Gasteiger partial charge in [0.15, 0.2) is 5.16 Å². The second-order valence-electron chi connectivity index (χ2n) is 7.48. The van der Waals surface area contributed by atoms with Crippen molar-refractivity contribution in [3.05, 3.63) is 74.7 Å². The number of ether oxygens (including phenoxy) is 1. The Hall–Kier alpha value is -3.04. The number of hydrogen-bond donors (Lipinski definition) is 0. The summed E-state index contributed by atoms with van der Waals surface area (Å²) >= 11 is 7.63. The zero-order valence-corrected chi connectivity index (χ0v) is 20.1. The zero-order chi connectivity index (χ0) is 23.5. The van der Waals surface area contributed by atoms with Gasteiger partial charge in [-0.15, -0.1) is 0 Å². The summed E-state index contributed by atoms with van der Waals surface area (Å²) in [5.41, 5.74) is 2.25. The van der Waals surface area contributed by atoms with Crippen molar-refractivity contribution in [1.82, 2.24) is 19.3 Å². The van der Waals surface area contributed by atoms with Gasteiger partial charge in [-0.1, -0.05) is 35.5 Å². The van der Waals surface area contributed by atoms with Crippen LogP contribution in [0.3, 0.4) is 0 Å². The normalized spacial score (nSPS) is 11.3. The second-order valence-corrected chi connectivity index (χ2v) is 8.80. The molecular formula is C23H23ClN4O4S. The molecule has 10 heteroatoms. The summed E-state index contributed by atoms with van der Waals surface area (Å²) in [6.07, 6.45) is 0.680. The molecule has 0 amide bonds. The second kappa shape index (κ2) is 9.84. The Morgan fingerprint density at radius 1 is 1.18 bits per heavy atom. The number of furan rings is 1. The third-order valence-corrected chi connectivity index (χ3v) is 6.81. The monoisotopic (exact) mass is 486 g/mol. The number of methoxy groups -OCH3 is 1. The minimum Gasteiger partial charge on any atom is -0.463 e. The lowest BCUT2D eigenvalue weighted by molar-refractivity contribution is 0.0563. The summed E-state index contributed by atoms with van der Waals surface area (Å²) in [6, 6.07) is 10.6. The number of esters is 1. The third kappa shape index (κ3) is 4.84. The van der Waals surface area contributed by atoms with E-state index < -0.39 is 5.97 Å². The van der Waals surface area contributed by atoms with Crippen molar-refractivity contribution < 1.29 is 13.9 Å². The molecule has 4 aromatic rings. The molecule has 3 heterocycles. The van der Waals surface area contributed by atoms with Gasteiger partial charge in [-0.25, -0.2) is 9.78 Å². The summed E-state index contributed by atoms with van der Waals surface area (Å²) in [5, 5.41) is 6.28. The highest BCUT2D eigenvalue weighted by molar-refractivity contribution is 7.98. The molecule has 0 aliphatic carbocycles. The van der Waals surface area contributed by atoms with E-state index in [1.54, 1.807) is 22.8 Å². The molecule has 4 rings (SSSR count). The molecule has 0 saturated heterocycles. The fraction of sp³-hybridized carbons (Fsp3) is 0.304. The SMILES string of the molecule is COC(=O)c1ccc(CSc2nc3ccccc3c(=O)n2CCCn2nc(C)c(Cl)c2C)o1. The number of benzene rings is 1. The Labute approximate surface area is 199 Å². The number of aromatic nitrogens is 4. The predicted octanol–water partition coefficient (Wildman–Crippen LogP) is 4.63. The molecule has 1 aromatic carbocycles. The van der Waals surface area contributed by atoms with Crippen LogP contribution in [0.25, 0.3) is 10.9 Å². The maximum atomic E-state index is 13.2. The fourth-order valence-electron chi connectivity index (χ4n) is 3.53. The van der Waals surface area contributed by atoms with Crippen molar-refractivity contribution in [3.8, 4) is 0 Å². The van der Waals surface area contributed by atoms with Gasteiger partial charge in [0.1, 0.15) is 5.76 Å². The highest BCUT2D eigenvalue weighted by Crippen LogP contribution is 2.24. The van der Waals surface area contributed by atoms with E-state index in [-0.39, 0.29) is 11.3 Å². The fourth-order valence-corrected chi connectivity index (χ4v) is 4.58. The number of carbonyl (C=O) groups excluding carboxylic acids is 1. The first-order valence-electron chi connectivity index (χ1n) is 10.4. The Balaban J connectivity index is 1.57. The standard InChI is InChI=1S/C23H23ClN4O4S/c1-14-20(24)15(2)28(26-14)12-6-11-27-21(29)17-7-4-5-8-18(17)25-23(27)33-13-16-9-10-19(32-16)22(30)31-3/h4-5,7-10H,6,11-13H2,1-3H3. The topological polar surface area (TPSA) is 92.2 Å². The Bertz CT molecular complexity index is 1370. The molecule has 172 valence electrons. The maximum absolute atomic E-state index is 13.2. The van der Waals surface area contributed by atoms with Crippen molar-refractivity contribution >= 4 is 40.2 Å². The van der Waals surface area contributed by atoms with Crippen molar-refractivity contribution in [2.24, 2.45) is 0 Å². The lowest BCUT2D eigenvalue weighted by Gasteiger charge is -2.13. The molecule has 0 atom stereocenters. The van der Waals surface area contributed by atoms with Crippen LogP contribution in [0.4, 0.5) is 0 Å². The van der Waals surface area contributed by atoms with Gasteiger partial charge in [0.25, 0.3) is 5.56 Å². The van der Waals surface area contributed by atoms with Gasteiger partial charge in [-0.3, -0.25) is 14.0 Å². The number of thioether (sulfide) groups is 1. The van der Waals surface area contributed by atoms with Gasteiger partial charge in [-0.05, 0) is 44.5 Å². The first kappa shape index (κ1) is 23.1. The molecule has 0 saturated carbocycles.